The Hall–Kier alpha value is -3.68. The molecule has 0 saturated carbocycles. The van der Waals surface area contributed by atoms with E-state index in [-0.39, 0.29) is 12.8 Å². The molecule has 1 aromatic heterocycles. The van der Waals surface area contributed by atoms with Gasteiger partial charge in [0, 0.05) is 36.9 Å². The number of para-hydroxylation sites is 1. The molecule has 1 heterocycles. The molecule has 0 aliphatic carbocycles. The van der Waals surface area contributed by atoms with Crippen LogP contribution in [0.1, 0.15) is 18.1 Å². The lowest BCUT2D eigenvalue weighted by Gasteiger charge is -2.21. The zero-order chi connectivity index (χ0) is 21.7. The van der Waals surface area contributed by atoms with Gasteiger partial charge in [0.15, 0.2) is 0 Å². The molecule has 3 rings (SSSR count). The van der Waals surface area contributed by atoms with Crippen LogP contribution in [-0.4, -0.2) is 34.8 Å². The number of benzene rings is 2. The average molecular weight is 410 g/mol. The summed E-state index contributed by atoms with van der Waals surface area (Å²) in [5.74, 6) is -2.12. The van der Waals surface area contributed by atoms with Gasteiger partial charge in [0.05, 0.1) is 0 Å². The first-order chi connectivity index (χ1) is 14.3. The fourth-order valence-electron chi connectivity index (χ4n) is 3.37. The second-order valence-electron chi connectivity index (χ2n) is 7.11. The van der Waals surface area contributed by atoms with Crippen molar-refractivity contribution in [3.63, 3.8) is 0 Å². The van der Waals surface area contributed by atoms with E-state index < -0.39 is 35.6 Å². The topological polar surface area (TPSA) is 117 Å². The van der Waals surface area contributed by atoms with Crippen LogP contribution in [0.15, 0.2) is 54.7 Å². The van der Waals surface area contributed by atoms with Crippen molar-refractivity contribution >= 4 is 28.6 Å². The minimum Gasteiger partial charge on any atom is -0.368 e. The molecular weight excluding hydrogens is 387 g/mol. The van der Waals surface area contributed by atoms with Gasteiger partial charge in [-0.1, -0.05) is 30.3 Å². The molecule has 0 bridgehead atoms. The molecule has 0 aliphatic rings. The molecule has 0 fully saturated rings. The maximum absolute atomic E-state index is 13.5. The Labute approximate surface area is 172 Å². The second kappa shape index (κ2) is 9.21. The van der Waals surface area contributed by atoms with E-state index in [4.69, 9.17) is 5.73 Å². The fourth-order valence-corrected chi connectivity index (χ4v) is 3.37. The van der Waals surface area contributed by atoms with Gasteiger partial charge >= 0.3 is 0 Å². The summed E-state index contributed by atoms with van der Waals surface area (Å²) in [6.07, 6.45) is 2.03. The molecule has 2 aromatic carbocycles. The van der Waals surface area contributed by atoms with Crippen LogP contribution < -0.4 is 16.4 Å². The van der Waals surface area contributed by atoms with Crippen molar-refractivity contribution in [2.45, 2.75) is 31.8 Å². The number of fused-ring (bicyclic) bond motifs is 1. The van der Waals surface area contributed by atoms with E-state index in [0.717, 1.165) is 16.5 Å². The average Bonchev–Trinajstić information content (AvgIpc) is 3.09. The highest BCUT2D eigenvalue weighted by Gasteiger charge is 2.26. The highest BCUT2D eigenvalue weighted by molar-refractivity contribution is 5.92. The van der Waals surface area contributed by atoms with Crippen molar-refractivity contribution in [2.75, 3.05) is 0 Å². The molecule has 8 heteroatoms. The van der Waals surface area contributed by atoms with Crippen molar-refractivity contribution in [1.29, 1.82) is 0 Å². The monoisotopic (exact) mass is 410 g/mol. The lowest BCUT2D eigenvalue weighted by atomic mass is 10.0. The van der Waals surface area contributed by atoms with Crippen LogP contribution in [0.2, 0.25) is 0 Å². The zero-order valence-electron chi connectivity index (χ0n) is 16.4. The summed E-state index contributed by atoms with van der Waals surface area (Å²) >= 11 is 0. The summed E-state index contributed by atoms with van der Waals surface area (Å²) in [7, 11) is 0. The van der Waals surface area contributed by atoms with Crippen LogP contribution >= 0.6 is 0 Å². The van der Waals surface area contributed by atoms with Crippen molar-refractivity contribution in [3.8, 4) is 0 Å². The Morgan fingerprint density at radius 2 is 1.80 bits per heavy atom. The van der Waals surface area contributed by atoms with Crippen LogP contribution in [0.4, 0.5) is 4.39 Å². The molecule has 156 valence electrons. The van der Waals surface area contributed by atoms with Crippen LogP contribution in [0.5, 0.6) is 0 Å². The SMILES string of the molecule is CC(=O)N[C@@H](Cc1cccc(F)c1)C(=O)N[C@H](Cc1c[nH]c2ccccc12)C(N)=O. The van der Waals surface area contributed by atoms with Gasteiger partial charge in [0.25, 0.3) is 0 Å². The van der Waals surface area contributed by atoms with E-state index in [1.54, 1.807) is 12.3 Å². The van der Waals surface area contributed by atoms with E-state index in [1.165, 1.54) is 25.1 Å². The summed E-state index contributed by atoms with van der Waals surface area (Å²) in [4.78, 5) is 39.5. The minimum absolute atomic E-state index is 0.0712. The van der Waals surface area contributed by atoms with E-state index in [2.05, 4.69) is 15.6 Å². The molecular formula is C22H23FN4O3. The third kappa shape index (κ3) is 5.22. The number of aromatic nitrogens is 1. The summed E-state index contributed by atoms with van der Waals surface area (Å²) in [6.45, 7) is 1.28. The van der Waals surface area contributed by atoms with Gasteiger partial charge in [-0.2, -0.15) is 0 Å². The largest absolute Gasteiger partial charge is 0.368 e. The van der Waals surface area contributed by atoms with Gasteiger partial charge in [0.1, 0.15) is 17.9 Å². The van der Waals surface area contributed by atoms with Crippen molar-refractivity contribution < 1.29 is 18.8 Å². The zero-order valence-corrected chi connectivity index (χ0v) is 16.4. The minimum atomic E-state index is -0.978. The summed E-state index contributed by atoms with van der Waals surface area (Å²) < 4.78 is 13.5. The van der Waals surface area contributed by atoms with Crippen molar-refractivity contribution in [3.05, 3.63) is 71.7 Å². The number of rotatable bonds is 8. The number of carbonyl (C=O) groups excluding carboxylic acids is 3. The van der Waals surface area contributed by atoms with Gasteiger partial charge in [0.2, 0.25) is 17.7 Å². The fraction of sp³-hybridized carbons (Fsp3) is 0.227. The van der Waals surface area contributed by atoms with Crippen LogP contribution in [0, 0.1) is 5.82 Å². The predicted octanol–water partition coefficient (Wildman–Crippen LogP) is 1.57. The number of carbonyl (C=O) groups is 3. The predicted molar refractivity (Wildman–Crippen MR) is 111 cm³/mol. The van der Waals surface area contributed by atoms with Crippen LogP contribution in [0.25, 0.3) is 10.9 Å². The number of nitrogens with one attached hydrogen (secondary N) is 3. The van der Waals surface area contributed by atoms with E-state index in [1.807, 2.05) is 24.3 Å². The summed E-state index contributed by atoms with van der Waals surface area (Å²) in [6, 6.07) is 11.4. The van der Waals surface area contributed by atoms with Crippen molar-refractivity contribution in [1.82, 2.24) is 15.6 Å². The van der Waals surface area contributed by atoms with Crippen molar-refractivity contribution in [2.24, 2.45) is 5.73 Å². The first kappa shape index (κ1) is 21.0. The van der Waals surface area contributed by atoms with Gasteiger partial charge in [-0.05, 0) is 29.3 Å². The Morgan fingerprint density at radius 3 is 2.50 bits per heavy atom. The molecule has 7 nitrogen and oxygen atoms in total. The number of halogens is 1. The smallest absolute Gasteiger partial charge is 0.243 e. The van der Waals surface area contributed by atoms with E-state index in [9.17, 15) is 18.8 Å². The highest BCUT2D eigenvalue weighted by atomic mass is 19.1. The highest BCUT2D eigenvalue weighted by Crippen LogP contribution is 2.19. The molecule has 3 aromatic rings. The first-order valence-corrected chi connectivity index (χ1v) is 9.49. The van der Waals surface area contributed by atoms with E-state index in [0.29, 0.717) is 5.56 Å². The quantitative estimate of drug-likeness (QED) is 0.451. The van der Waals surface area contributed by atoms with E-state index >= 15 is 0 Å². The third-order valence-corrected chi connectivity index (χ3v) is 4.78. The normalized spacial score (nSPS) is 12.9. The molecule has 0 unspecified atom stereocenters. The second-order valence-corrected chi connectivity index (χ2v) is 7.11. The molecule has 3 amide bonds. The number of aromatic amines is 1. The third-order valence-electron chi connectivity index (χ3n) is 4.78. The number of hydrogen-bond acceptors (Lipinski definition) is 3. The Balaban J connectivity index is 1.76. The van der Waals surface area contributed by atoms with Crippen LogP contribution in [-0.2, 0) is 27.2 Å². The lowest BCUT2D eigenvalue weighted by Crippen LogP contribution is -2.54. The molecule has 0 aliphatic heterocycles. The number of primary amides is 1. The first-order valence-electron chi connectivity index (χ1n) is 9.49. The maximum atomic E-state index is 13.5. The Kier molecular flexibility index (Phi) is 6.46. The molecule has 0 spiro atoms. The van der Waals surface area contributed by atoms with Gasteiger partial charge in [-0.25, -0.2) is 4.39 Å². The Bertz CT molecular complexity index is 1080. The van der Waals surface area contributed by atoms with Crippen LogP contribution in [0.3, 0.4) is 0 Å². The molecule has 2 atom stereocenters. The van der Waals surface area contributed by atoms with Gasteiger partial charge in [-0.15, -0.1) is 0 Å². The summed E-state index contributed by atoms with van der Waals surface area (Å²) in [5, 5.41) is 6.10. The summed E-state index contributed by atoms with van der Waals surface area (Å²) in [5.41, 5.74) is 7.79. The maximum Gasteiger partial charge on any atom is 0.243 e. The van der Waals surface area contributed by atoms with Gasteiger partial charge < -0.3 is 21.4 Å². The number of hydrogen-bond donors (Lipinski definition) is 4. The molecule has 0 radical (unpaired) electrons. The van der Waals surface area contributed by atoms with Gasteiger partial charge in [-0.3, -0.25) is 14.4 Å². The standard InChI is InChI=1S/C22H23FN4O3/c1-13(28)26-20(10-14-5-4-6-16(23)9-14)22(30)27-19(21(24)29)11-15-12-25-18-8-3-2-7-17(15)18/h2-9,12,19-20,25H,10-11H2,1H3,(H2,24,29)(H,26,28)(H,27,30)/t19-,20+/m1/s1. The lowest BCUT2D eigenvalue weighted by molar-refractivity contribution is -0.130. The number of H-pyrrole nitrogens is 1. The number of nitrogens with two attached hydrogens (primary N) is 1. The number of amides is 3. The Morgan fingerprint density at radius 1 is 1.03 bits per heavy atom. The molecule has 30 heavy (non-hydrogen) atoms. The molecule has 0 saturated heterocycles. The molecule has 5 N–H and O–H groups in total.